The lowest BCUT2D eigenvalue weighted by Gasteiger charge is -2.10. The highest BCUT2D eigenvalue weighted by atomic mass is 16.3. The Morgan fingerprint density at radius 3 is 2.40 bits per heavy atom. The van der Waals surface area contributed by atoms with Crippen molar-refractivity contribution < 1.29 is 9.90 Å². The van der Waals surface area contributed by atoms with Crippen molar-refractivity contribution in [3.63, 3.8) is 0 Å². The predicted molar refractivity (Wildman–Crippen MR) is 36.8 cm³/mol. The molecule has 1 amide bonds. The molecule has 0 aliphatic rings. The lowest BCUT2D eigenvalue weighted by molar-refractivity contribution is -0.126. The molecule has 0 rings (SSSR count). The van der Waals surface area contributed by atoms with Gasteiger partial charge in [-0.05, 0) is 6.42 Å². The quantitative estimate of drug-likeness (QED) is 0.352. The van der Waals surface area contributed by atoms with Crippen molar-refractivity contribution in [1.29, 1.82) is 0 Å². The summed E-state index contributed by atoms with van der Waals surface area (Å²) in [6.45, 7) is 0.240. The monoisotopic (exact) mass is 147 g/mol. The molecule has 0 bridgehead atoms. The normalized spacial score (nSPS) is 16.3. The van der Waals surface area contributed by atoms with Crippen molar-refractivity contribution in [3.8, 4) is 0 Å². The smallest absolute Gasteiger partial charge is 0.246 e. The minimum Gasteiger partial charge on any atom is -0.383 e. The average Bonchev–Trinajstić information content (AvgIpc) is 1.87. The van der Waals surface area contributed by atoms with E-state index in [1.165, 1.54) is 0 Å². The fourth-order valence-corrected chi connectivity index (χ4v) is 0.499. The highest BCUT2D eigenvalue weighted by Gasteiger charge is 2.13. The molecule has 0 spiro atoms. The number of rotatable bonds is 4. The fraction of sp³-hybridized carbons (Fsp3) is 0.800. The van der Waals surface area contributed by atoms with Crippen molar-refractivity contribution in [2.75, 3.05) is 6.54 Å². The van der Waals surface area contributed by atoms with E-state index in [1.807, 2.05) is 0 Å². The maximum absolute atomic E-state index is 10.2. The first kappa shape index (κ1) is 9.35. The second-order valence-electron chi connectivity index (χ2n) is 2.15. The van der Waals surface area contributed by atoms with Crippen molar-refractivity contribution in [3.05, 3.63) is 0 Å². The van der Waals surface area contributed by atoms with Gasteiger partial charge in [0, 0.05) is 12.6 Å². The van der Waals surface area contributed by atoms with Gasteiger partial charge in [-0.25, -0.2) is 0 Å². The molecule has 0 aromatic heterocycles. The van der Waals surface area contributed by atoms with Crippen LogP contribution in [0.5, 0.6) is 0 Å². The van der Waals surface area contributed by atoms with Gasteiger partial charge in [-0.15, -0.1) is 0 Å². The van der Waals surface area contributed by atoms with Crippen molar-refractivity contribution in [2.24, 2.45) is 17.2 Å². The number of carbonyl (C=O) groups excluding carboxylic acids is 1. The molecule has 0 aromatic rings. The van der Waals surface area contributed by atoms with Crippen molar-refractivity contribution >= 4 is 5.91 Å². The lowest BCUT2D eigenvalue weighted by Crippen LogP contribution is -2.38. The Morgan fingerprint density at radius 2 is 2.10 bits per heavy atom. The minimum absolute atomic E-state index is 0.131. The number of hydrogen-bond acceptors (Lipinski definition) is 4. The van der Waals surface area contributed by atoms with E-state index in [9.17, 15) is 4.79 Å². The van der Waals surface area contributed by atoms with E-state index in [-0.39, 0.29) is 19.0 Å². The largest absolute Gasteiger partial charge is 0.383 e. The number of hydrogen-bond donors (Lipinski definition) is 4. The van der Waals surface area contributed by atoms with Gasteiger partial charge < -0.3 is 22.3 Å². The second kappa shape index (κ2) is 4.21. The van der Waals surface area contributed by atoms with Crippen molar-refractivity contribution in [2.45, 2.75) is 18.6 Å². The van der Waals surface area contributed by atoms with Crippen LogP contribution >= 0.6 is 0 Å². The van der Waals surface area contributed by atoms with Gasteiger partial charge in [0.1, 0.15) is 6.10 Å². The molecule has 0 aromatic carbocycles. The van der Waals surface area contributed by atoms with Crippen LogP contribution in [0.1, 0.15) is 6.42 Å². The topological polar surface area (TPSA) is 115 Å². The number of amides is 1. The van der Waals surface area contributed by atoms with Gasteiger partial charge in [-0.2, -0.15) is 0 Å². The van der Waals surface area contributed by atoms with Crippen LogP contribution in [-0.4, -0.2) is 29.7 Å². The molecular weight excluding hydrogens is 134 g/mol. The summed E-state index contributed by atoms with van der Waals surface area (Å²) in [5, 5.41) is 8.82. The molecule has 7 N–H and O–H groups in total. The summed E-state index contributed by atoms with van der Waals surface area (Å²) in [6, 6.07) is -0.359. The lowest BCUT2D eigenvalue weighted by atomic mass is 10.1. The van der Waals surface area contributed by atoms with Gasteiger partial charge in [-0.1, -0.05) is 0 Å². The summed E-state index contributed by atoms with van der Waals surface area (Å²) in [7, 11) is 0. The van der Waals surface area contributed by atoms with Crippen LogP contribution in [0, 0.1) is 0 Å². The van der Waals surface area contributed by atoms with Crippen LogP contribution in [0.25, 0.3) is 0 Å². The van der Waals surface area contributed by atoms with Gasteiger partial charge in [-0.3, -0.25) is 4.79 Å². The Balaban J connectivity index is 3.56. The van der Waals surface area contributed by atoms with Gasteiger partial charge in [0.25, 0.3) is 0 Å². The van der Waals surface area contributed by atoms with Gasteiger partial charge in [0.15, 0.2) is 0 Å². The van der Waals surface area contributed by atoms with E-state index in [2.05, 4.69) is 0 Å². The molecule has 2 atom stereocenters. The zero-order chi connectivity index (χ0) is 8.15. The highest BCUT2D eigenvalue weighted by Crippen LogP contribution is 1.92. The first-order valence-electron chi connectivity index (χ1n) is 3.01. The first-order valence-corrected chi connectivity index (χ1v) is 3.01. The Kier molecular flexibility index (Phi) is 3.94. The molecule has 0 heterocycles. The maximum atomic E-state index is 10.2. The molecule has 5 nitrogen and oxygen atoms in total. The SMILES string of the molecule is NCC(N)CC(O)C(N)=O. The Morgan fingerprint density at radius 1 is 1.60 bits per heavy atom. The van der Waals surface area contributed by atoms with Crippen molar-refractivity contribution in [1.82, 2.24) is 0 Å². The first-order chi connectivity index (χ1) is 4.57. The molecule has 2 unspecified atom stereocenters. The van der Waals surface area contributed by atoms with E-state index in [0.717, 1.165) is 0 Å². The minimum atomic E-state index is -1.17. The van der Waals surface area contributed by atoms with Crippen LogP contribution < -0.4 is 17.2 Å². The molecule has 0 radical (unpaired) electrons. The number of nitrogens with two attached hydrogens (primary N) is 3. The third kappa shape index (κ3) is 3.39. The summed E-state index contributed by atoms with van der Waals surface area (Å²) in [5.74, 6) is -0.760. The molecule has 0 saturated carbocycles. The number of aliphatic hydroxyl groups is 1. The van der Waals surface area contributed by atoms with Crippen LogP contribution in [0.3, 0.4) is 0 Å². The summed E-state index contributed by atoms with van der Waals surface area (Å²) >= 11 is 0. The van der Waals surface area contributed by atoms with Crippen LogP contribution in [0.4, 0.5) is 0 Å². The maximum Gasteiger partial charge on any atom is 0.246 e. The average molecular weight is 147 g/mol. The van der Waals surface area contributed by atoms with Gasteiger partial charge in [0.05, 0.1) is 0 Å². The molecule has 0 fully saturated rings. The van der Waals surface area contributed by atoms with E-state index >= 15 is 0 Å². The predicted octanol–water partition coefficient (Wildman–Crippen LogP) is -2.49. The van der Waals surface area contributed by atoms with Crippen LogP contribution in [0.15, 0.2) is 0 Å². The molecule has 60 valence electrons. The Hall–Kier alpha value is -0.650. The zero-order valence-corrected chi connectivity index (χ0v) is 5.66. The van der Waals surface area contributed by atoms with E-state index in [4.69, 9.17) is 22.3 Å². The number of carbonyl (C=O) groups is 1. The van der Waals surface area contributed by atoms with Gasteiger partial charge >= 0.3 is 0 Å². The standard InChI is InChI=1S/C5H13N3O2/c6-2-3(7)1-4(9)5(8)10/h3-4,9H,1-2,6-7H2,(H2,8,10). The fourth-order valence-electron chi connectivity index (χ4n) is 0.499. The Bertz CT molecular complexity index is 117. The molecule has 5 heteroatoms. The third-order valence-electron chi connectivity index (χ3n) is 1.16. The summed E-state index contributed by atoms with van der Waals surface area (Å²) in [4.78, 5) is 10.2. The summed E-state index contributed by atoms with van der Waals surface area (Å²) in [5.41, 5.74) is 15.2. The van der Waals surface area contributed by atoms with E-state index in [1.54, 1.807) is 0 Å². The summed E-state index contributed by atoms with van der Waals surface area (Å²) < 4.78 is 0. The Labute approximate surface area is 59.2 Å². The van der Waals surface area contributed by atoms with E-state index in [0.29, 0.717) is 0 Å². The molecular formula is C5H13N3O2. The molecule has 0 saturated heterocycles. The number of primary amides is 1. The molecule has 10 heavy (non-hydrogen) atoms. The van der Waals surface area contributed by atoms with Crippen LogP contribution in [0.2, 0.25) is 0 Å². The molecule has 0 aliphatic heterocycles. The zero-order valence-electron chi connectivity index (χ0n) is 5.66. The van der Waals surface area contributed by atoms with E-state index < -0.39 is 12.0 Å². The number of aliphatic hydroxyl groups excluding tert-OH is 1. The highest BCUT2D eigenvalue weighted by molar-refractivity contribution is 5.78. The molecule has 0 aliphatic carbocycles. The third-order valence-corrected chi connectivity index (χ3v) is 1.16. The van der Waals surface area contributed by atoms with Gasteiger partial charge in [0.2, 0.25) is 5.91 Å². The second-order valence-corrected chi connectivity index (χ2v) is 2.15. The van der Waals surface area contributed by atoms with Crippen LogP contribution in [-0.2, 0) is 4.79 Å². The summed E-state index contributed by atoms with van der Waals surface area (Å²) in [6.07, 6.45) is -1.04.